The van der Waals surface area contributed by atoms with Crippen molar-refractivity contribution in [3.63, 3.8) is 0 Å². The standard InChI is InChI=1S/C15H19N3O2/c1-4-12-16-14(18(3)17-12)13(15(19)20-5-2)11-9-7-6-8-10-11/h6-10,13H,4-5H2,1-3H3. The van der Waals surface area contributed by atoms with Crippen LogP contribution in [-0.4, -0.2) is 27.3 Å². The quantitative estimate of drug-likeness (QED) is 0.783. The number of nitrogens with zero attached hydrogens (tertiary/aromatic N) is 3. The predicted molar refractivity (Wildman–Crippen MR) is 75.3 cm³/mol. The number of rotatable bonds is 5. The number of benzene rings is 1. The Labute approximate surface area is 118 Å². The molecule has 1 unspecified atom stereocenters. The highest BCUT2D eigenvalue weighted by Crippen LogP contribution is 2.24. The lowest BCUT2D eigenvalue weighted by Gasteiger charge is -2.14. The zero-order valence-corrected chi connectivity index (χ0v) is 12.0. The number of ether oxygens (including phenoxy) is 1. The fourth-order valence-electron chi connectivity index (χ4n) is 2.11. The molecule has 0 aliphatic carbocycles. The third-order valence-corrected chi connectivity index (χ3v) is 3.07. The van der Waals surface area contributed by atoms with Crippen LogP contribution in [0, 0.1) is 0 Å². The van der Waals surface area contributed by atoms with Gasteiger partial charge in [-0.1, -0.05) is 37.3 Å². The highest BCUT2D eigenvalue weighted by atomic mass is 16.5. The Kier molecular flexibility index (Phi) is 4.50. The summed E-state index contributed by atoms with van der Waals surface area (Å²) < 4.78 is 6.85. The van der Waals surface area contributed by atoms with Crippen LogP contribution in [0.25, 0.3) is 0 Å². The van der Waals surface area contributed by atoms with Crippen molar-refractivity contribution in [3.05, 3.63) is 47.5 Å². The molecule has 0 saturated carbocycles. The van der Waals surface area contributed by atoms with Crippen molar-refractivity contribution in [1.82, 2.24) is 14.8 Å². The van der Waals surface area contributed by atoms with E-state index in [0.717, 1.165) is 17.8 Å². The van der Waals surface area contributed by atoms with Crippen LogP contribution >= 0.6 is 0 Å². The van der Waals surface area contributed by atoms with Crippen LogP contribution in [0.1, 0.15) is 37.0 Å². The third kappa shape index (κ3) is 2.87. The molecular weight excluding hydrogens is 254 g/mol. The minimum absolute atomic E-state index is 0.295. The largest absolute Gasteiger partial charge is 0.465 e. The molecule has 0 fully saturated rings. The zero-order chi connectivity index (χ0) is 14.5. The number of aromatic nitrogens is 3. The van der Waals surface area contributed by atoms with Crippen LogP contribution in [0.3, 0.4) is 0 Å². The first-order valence-electron chi connectivity index (χ1n) is 6.78. The predicted octanol–water partition coefficient (Wildman–Crippen LogP) is 2.07. The Bertz CT molecular complexity index is 578. The summed E-state index contributed by atoms with van der Waals surface area (Å²) in [5.74, 6) is 0.519. The molecule has 0 aliphatic heterocycles. The Balaban J connectivity index is 2.46. The maximum atomic E-state index is 12.3. The lowest BCUT2D eigenvalue weighted by molar-refractivity contribution is -0.144. The van der Waals surface area contributed by atoms with Crippen LogP contribution in [0.5, 0.6) is 0 Å². The average Bonchev–Trinajstić information content (AvgIpc) is 2.82. The van der Waals surface area contributed by atoms with E-state index in [1.807, 2.05) is 37.3 Å². The molecule has 5 nitrogen and oxygen atoms in total. The summed E-state index contributed by atoms with van der Waals surface area (Å²) in [6, 6.07) is 9.53. The zero-order valence-electron chi connectivity index (χ0n) is 12.0. The number of carbonyl (C=O) groups excluding carboxylic acids is 1. The van der Waals surface area contributed by atoms with Gasteiger partial charge in [-0.25, -0.2) is 4.98 Å². The van der Waals surface area contributed by atoms with Crippen molar-refractivity contribution in [2.75, 3.05) is 6.61 Å². The molecule has 2 aromatic rings. The van der Waals surface area contributed by atoms with Gasteiger partial charge in [-0.3, -0.25) is 9.48 Å². The lowest BCUT2D eigenvalue weighted by Crippen LogP contribution is -2.20. The van der Waals surface area contributed by atoms with Gasteiger partial charge in [-0.05, 0) is 12.5 Å². The first-order chi connectivity index (χ1) is 9.67. The second-order valence-electron chi connectivity index (χ2n) is 4.46. The molecule has 0 aliphatic rings. The molecule has 1 aromatic heterocycles. The average molecular weight is 273 g/mol. The molecule has 106 valence electrons. The molecule has 0 bridgehead atoms. The normalized spacial score (nSPS) is 12.2. The molecule has 5 heteroatoms. The van der Waals surface area contributed by atoms with E-state index in [2.05, 4.69) is 10.1 Å². The van der Waals surface area contributed by atoms with Gasteiger partial charge in [0.05, 0.1) is 6.61 Å². The summed E-state index contributed by atoms with van der Waals surface area (Å²) in [5.41, 5.74) is 0.865. The van der Waals surface area contributed by atoms with E-state index < -0.39 is 5.92 Å². The van der Waals surface area contributed by atoms with Gasteiger partial charge in [-0.15, -0.1) is 0 Å². The van der Waals surface area contributed by atoms with Gasteiger partial charge < -0.3 is 4.74 Å². The summed E-state index contributed by atoms with van der Waals surface area (Å²) in [6.45, 7) is 4.13. The van der Waals surface area contributed by atoms with Gasteiger partial charge in [0.2, 0.25) is 0 Å². The van der Waals surface area contributed by atoms with Crippen LogP contribution < -0.4 is 0 Å². The molecule has 0 radical (unpaired) electrons. The maximum Gasteiger partial charge on any atom is 0.321 e. The van der Waals surface area contributed by atoms with Gasteiger partial charge >= 0.3 is 5.97 Å². The van der Waals surface area contributed by atoms with Crippen molar-refractivity contribution < 1.29 is 9.53 Å². The van der Waals surface area contributed by atoms with Crippen molar-refractivity contribution in [2.45, 2.75) is 26.2 Å². The van der Waals surface area contributed by atoms with Gasteiger partial charge in [0.1, 0.15) is 11.7 Å². The molecule has 0 N–H and O–H groups in total. The summed E-state index contributed by atoms with van der Waals surface area (Å²) in [6.07, 6.45) is 0.734. The van der Waals surface area contributed by atoms with Crippen molar-refractivity contribution in [1.29, 1.82) is 0 Å². The Morgan fingerprint density at radius 2 is 2.00 bits per heavy atom. The van der Waals surface area contributed by atoms with Crippen LogP contribution in [-0.2, 0) is 23.0 Å². The Morgan fingerprint density at radius 1 is 1.30 bits per heavy atom. The second-order valence-corrected chi connectivity index (χ2v) is 4.46. The Hall–Kier alpha value is -2.17. The molecular formula is C15H19N3O2. The van der Waals surface area contributed by atoms with E-state index in [-0.39, 0.29) is 5.97 Å². The van der Waals surface area contributed by atoms with E-state index >= 15 is 0 Å². The fraction of sp³-hybridized carbons (Fsp3) is 0.400. The molecule has 0 amide bonds. The van der Waals surface area contributed by atoms with E-state index in [1.165, 1.54) is 0 Å². The van der Waals surface area contributed by atoms with E-state index in [4.69, 9.17) is 4.74 Å². The summed E-state index contributed by atoms with van der Waals surface area (Å²) in [5, 5.41) is 4.32. The number of aryl methyl sites for hydroxylation is 2. The second kappa shape index (κ2) is 6.32. The summed E-state index contributed by atoms with van der Waals surface area (Å²) in [4.78, 5) is 16.7. The smallest absolute Gasteiger partial charge is 0.321 e. The van der Waals surface area contributed by atoms with Gasteiger partial charge in [0, 0.05) is 13.5 Å². The highest BCUT2D eigenvalue weighted by Gasteiger charge is 2.28. The fourth-order valence-corrected chi connectivity index (χ4v) is 2.11. The molecule has 1 aromatic carbocycles. The first-order valence-corrected chi connectivity index (χ1v) is 6.78. The molecule has 1 heterocycles. The molecule has 0 saturated heterocycles. The topological polar surface area (TPSA) is 57.0 Å². The minimum Gasteiger partial charge on any atom is -0.465 e. The SMILES string of the molecule is CCOC(=O)C(c1ccccc1)c1nc(CC)nn1C. The molecule has 2 rings (SSSR count). The first kappa shape index (κ1) is 14.2. The number of carbonyl (C=O) groups is 1. The van der Waals surface area contributed by atoms with Crippen molar-refractivity contribution >= 4 is 5.97 Å². The van der Waals surface area contributed by atoms with Crippen molar-refractivity contribution in [3.8, 4) is 0 Å². The lowest BCUT2D eigenvalue weighted by atomic mass is 9.98. The minimum atomic E-state index is -0.533. The van der Waals surface area contributed by atoms with E-state index in [1.54, 1.807) is 18.7 Å². The van der Waals surface area contributed by atoms with Gasteiger partial charge in [0.25, 0.3) is 0 Å². The van der Waals surface area contributed by atoms with E-state index in [9.17, 15) is 4.79 Å². The number of hydrogen-bond acceptors (Lipinski definition) is 4. The third-order valence-electron chi connectivity index (χ3n) is 3.07. The van der Waals surface area contributed by atoms with Crippen LogP contribution in [0.15, 0.2) is 30.3 Å². The van der Waals surface area contributed by atoms with Gasteiger partial charge in [0.15, 0.2) is 5.82 Å². The maximum absolute atomic E-state index is 12.3. The number of hydrogen-bond donors (Lipinski definition) is 0. The van der Waals surface area contributed by atoms with Gasteiger partial charge in [-0.2, -0.15) is 5.10 Å². The molecule has 1 atom stereocenters. The molecule has 0 spiro atoms. The molecule has 20 heavy (non-hydrogen) atoms. The summed E-state index contributed by atoms with van der Waals surface area (Å²) >= 11 is 0. The van der Waals surface area contributed by atoms with E-state index in [0.29, 0.717) is 12.4 Å². The van der Waals surface area contributed by atoms with Crippen molar-refractivity contribution in [2.24, 2.45) is 7.05 Å². The van der Waals surface area contributed by atoms with Crippen LogP contribution in [0.4, 0.5) is 0 Å². The van der Waals surface area contributed by atoms with Crippen LogP contribution in [0.2, 0.25) is 0 Å². The Morgan fingerprint density at radius 3 is 2.55 bits per heavy atom. The summed E-state index contributed by atoms with van der Waals surface area (Å²) in [7, 11) is 1.80. The highest BCUT2D eigenvalue weighted by molar-refractivity contribution is 5.81. The number of esters is 1. The monoisotopic (exact) mass is 273 g/mol.